The monoisotopic (exact) mass is 272 g/mol. The molecular formula is C15H16N2OS. The zero-order valence-corrected chi connectivity index (χ0v) is 11.5. The second-order valence-electron chi connectivity index (χ2n) is 4.82. The van der Waals surface area contributed by atoms with Gasteiger partial charge < -0.3 is 5.32 Å². The molecule has 1 aromatic heterocycles. The van der Waals surface area contributed by atoms with E-state index in [-0.39, 0.29) is 5.91 Å². The highest BCUT2D eigenvalue weighted by Gasteiger charge is 2.14. The predicted octanol–water partition coefficient (Wildman–Crippen LogP) is 3.27. The molecule has 0 saturated carbocycles. The highest BCUT2D eigenvalue weighted by Crippen LogP contribution is 2.22. The van der Waals surface area contributed by atoms with Crippen molar-refractivity contribution in [2.75, 3.05) is 0 Å². The average molecular weight is 272 g/mol. The maximum Gasteiger partial charge on any atom is 0.220 e. The van der Waals surface area contributed by atoms with Gasteiger partial charge >= 0.3 is 0 Å². The molecule has 1 aromatic carbocycles. The third-order valence-corrected chi connectivity index (χ3v) is 4.37. The summed E-state index contributed by atoms with van der Waals surface area (Å²) in [5, 5.41) is 3.93. The second-order valence-corrected chi connectivity index (χ2v) is 5.94. The van der Waals surface area contributed by atoms with Gasteiger partial charge in [-0.2, -0.15) is 0 Å². The molecule has 3 nitrogen and oxygen atoms in total. The maximum atomic E-state index is 11.8. The summed E-state index contributed by atoms with van der Waals surface area (Å²) in [5.41, 5.74) is 1.01. The van der Waals surface area contributed by atoms with Crippen LogP contribution < -0.4 is 5.32 Å². The molecule has 1 aliphatic rings. The number of amides is 1. The van der Waals surface area contributed by atoms with Crippen LogP contribution in [0.4, 0.5) is 0 Å². The first-order valence-corrected chi connectivity index (χ1v) is 7.41. The van der Waals surface area contributed by atoms with Gasteiger partial charge in [-0.25, -0.2) is 4.98 Å². The minimum absolute atomic E-state index is 0.121. The van der Waals surface area contributed by atoms with Crippen LogP contribution in [0.2, 0.25) is 0 Å². The average Bonchev–Trinajstić information content (AvgIpc) is 3.04. The van der Waals surface area contributed by atoms with Crippen molar-refractivity contribution in [1.29, 1.82) is 0 Å². The van der Waals surface area contributed by atoms with Crippen molar-refractivity contribution in [3.63, 3.8) is 0 Å². The molecule has 1 atom stereocenters. The molecular weight excluding hydrogens is 256 g/mol. The fourth-order valence-corrected chi connectivity index (χ4v) is 3.25. The lowest BCUT2D eigenvalue weighted by Crippen LogP contribution is -2.24. The van der Waals surface area contributed by atoms with Crippen LogP contribution in [-0.2, 0) is 11.3 Å². The Morgan fingerprint density at radius 1 is 1.42 bits per heavy atom. The van der Waals surface area contributed by atoms with Crippen LogP contribution >= 0.6 is 11.3 Å². The smallest absolute Gasteiger partial charge is 0.220 e. The van der Waals surface area contributed by atoms with Gasteiger partial charge in [0.05, 0.1) is 16.8 Å². The third kappa shape index (κ3) is 3.01. The molecule has 3 rings (SSSR count). The van der Waals surface area contributed by atoms with Crippen molar-refractivity contribution in [2.45, 2.75) is 25.8 Å². The number of aromatic nitrogens is 1. The molecule has 0 aliphatic heterocycles. The SMILES string of the molecule is O=C(CC1C=CCC1)NCc1nc2ccccc2s1. The number of para-hydroxylation sites is 1. The molecule has 19 heavy (non-hydrogen) atoms. The van der Waals surface area contributed by atoms with Gasteiger partial charge in [-0.15, -0.1) is 11.3 Å². The van der Waals surface area contributed by atoms with Gasteiger partial charge in [-0.1, -0.05) is 24.3 Å². The summed E-state index contributed by atoms with van der Waals surface area (Å²) in [6.07, 6.45) is 7.12. The maximum absolute atomic E-state index is 11.8. The topological polar surface area (TPSA) is 42.0 Å². The molecule has 2 aromatic rings. The van der Waals surface area contributed by atoms with Crippen LogP contribution in [-0.4, -0.2) is 10.9 Å². The summed E-state index contributed by atoms with van der Waals surface area (Å²) in [6, 6.07) is 8.05. The van der Waals surface area contributed by atoms with E-state index >= 15 is 0 Å². The van der Waals surface area contributed by atoms with Crippen LogP contribution in [0.3, 0.4) is 0 Å². The molecule has 98 valence electrons. The van der Waals surface area contributed by atoms with E-state index in [2.05, 4.69) is 28.5 Å². The van der Waals surface area contributed by atoms with E-state index in [1.165, 1.54) is 4.70 Å². The van der Waals surface area contributed by atoms with Crippen LogP contribution in [0.15, 0.2) is 36.4 Å². The number of benzene rings is 1. The molecule has 1 amide bonds. The number of carbonyl (C=O) groups is 1. The summed E-state index contributed by atoms with van der Waals surface area (Å²) in [4.78, 5) is 16.3. The van der Waals surface area contributed by atoms with Crippen molar-refractivity contribution in [3.05, 3.63) is 41.4 Å². The molecule has 0 fully saturated rings. The Labute approximate surface area is 116 Å². The lowest BCUT2D eigenvalue weighted by molar-refractivity contribution is -0.121. The number of hydrogen-bond acceptors (Lipinski definition) is 3. The molecule has 1 aliphatic carbocycles. The highest BCUT2D eigenvalue weighted by atomic mass is 32.1. The van der Waals surface area contributed by atoms with Crippen LogP contribution in [0, 0.1) is 5.92 Å². The summed E-state index contributed by atoms with van der Waals surface area (Å²) in [6.45, 7) is 0.536. The fourth-order valence-electron chi connectivity index (χ4n) is 2.35. The van der Waals surface area contributed by atoms with Gasteiger partial charge in [0, 0.05) is 6.42 Å². The lowest BCUT2D eigenvalue weighted by atomic mass is 10.1. The first-order chi connectivity index (χ1) is 9.31. The van der Waals surface area contributed by atoms with Gasteiger partial charge in [0.1, 0.15) is 5.01 Å². The Morgan fingerprint density at radius 2 is 2.32 bits per heavy atom. The zero-order chi connectivity index (χ0) is 13.1. The Bertz CT molecular complexity index is 584. The Morgan fingerprint density at radius 3 is 3.11 bits per heavy atom. The minimum Gasteiger partial charge on any atom is -0.350 e. The van der Waals surface area contributed by atoms with Crippen molar-refractivity contribution in [1.82, 2.24) is 10.3 Å². The molecule has 0 radical (unpaired) electrons. The summed E-state index contributed by atoms with van der Waals surface area (Å²) >= 11 is 1.64. The Balaban J connectivity index is 1.56. The number of allylic oxidation sites excluding steroid dienone is 2. The summed E-state index contributed by atoms with van der Waals surface area (Å²) in [7, 11) is 0. The number of rotatable bonds is 4. The standard InChI is InChI=1S/C15H16N2OS/c18-14(9-11-5-1-2-6-11)16-10-15-17-12-7-3-4-8-13(12)19-15/h1,3-5,7-8,11H,2,6,9-10H2,(H,16,18). The lowest BCUT2D eigenvalue weighted by Gasteiger charge is -2.07. The fraction of sp³-hybridized carbons (Fsp3) is 0.333. The largest absolute Gasteiger partial charge is 0.350 e. The number of nitrogens with zero attached hydrogens (tertiary/aromatic N) is 1. The van der Waals surface area contributed by atoms with Crippen molar-refractivity contribution in [2.24, 2.45) is 5.92 Å². The predicted molar refractivity (Wildman–Crippen MR) is 77.9 cm³/mol. The molecule has 1 heterocycles. The first kappa shape index (κ1) is 12.4. The van der Waals surface area contributed by atoms with Gasteiger partial charge in [0.15, 0.2) is 0 Å². The van der Waals surface area contributed by atoms with Crippen molar-refractivity contribution >= 4 is 27.5 Å². The van der Waals surface area contributed by atoms with E-state index in [9.17, 15) is 4.79 Å². The van der Waals surface area contributed by atoms with Crippen molar-refractivity contribution in [3.8, 4) is 0 Å². The molecule has 0 saturated heterocycles. The highest BCUT2D eigenvalue weighted by molar-refractivity contribution is 7.18. The second kappa shape index (κ2) is 5.53. The van der Waals surface area contributed by atoms with E-state index in [4.69, 9.17) is 0 Å². The van der Waals surface area contributed by atoms with Crippen LogP contribution in [0.25, 0.3) is 10.2 Å². The molecule has 0 spiro atoms. The normalized spacial score (nSPS) is 18.0. The Kier molecular flexibility index (Phi) is 3.60. The number of fused-ring (bicyclic) bond motifs is 1. The Hall–Kier alpha value is -1.68. The van der Waals surface area contributed by atoms with Crippen LogP contribution in [0.5, 0.6) is 0 Å². The van der Waals surface area contributed by atoms with Crippen molar-refractivity contribution < 1.29 is 4.79 Å². The van der Waals surface area contributed by atoms with E-state index in [0.29, 0.717) is 18.9 Å². The number of thiazole rings is 1. The minimum atomic E-state index is 0.121. The number of nitrogens with one attached hydrogen (secondary N) is 1. The van der Waals surface area contributed by atoms with Gasteiger partial charge in [-0.3, -0.25) is 4.79 Å². The number of carbonyl (C=O) groups excluding carboxylic acids is 1. The van der Waals surface area contributed by atoms with E-state index in [0.717, 1.165) is 23.4 Å². The molecule has 1 unspecified atom stereocenters. The van der Waals surface area contributed by atoms with E-state index < -0.39 is 0 Å². The third-order valence-electron chi connectivity index (χ3n) is 3.33. The summed E-state index contributed by atoms with van der Waals surface area (Å²) < 4.78 is 1.17. The molecule has 1 N–H and O–H groups in total. The van der Waals surface area contributed by atoms with Crippen LogP contribution in [0.1, 0.15) is 24.3 Å². The van der Waals surface area contributed by atoms with Gasteiger partial charge in [-0.05, 0) is 30.9 Å². The van der Waals surface area contributed by atoms with E-state index in [1.807, 2.05) is 18.2 Å². The van der Waals surface area contributed by atoms with E-state index in [1.54, 1.807) is 11.3 Å². The van der Waals surface area contributed by atoms with Gasteiger partial charge in [0.25, 0.3) is 0 Å². The summed E-state index contributed by atoms with van der Waals surface area (Å²) in [5.74, 6) is 0.547. The number of hydrogen-bond donors (Lipinski definition) is 1. The quantitative estimate of drug-likeness (QED) is 0.868. The molecule has 0 bridgehead atoms. The first-order valence-electron chi connectivity index (χ1n) is 6.59. The zero-order valence-electron chi connectivity index (χ0n) is 10.6. The van der Waals surface area contributed by atoms with Gasteiger partial charge in [0.2, 0.25) is 5.91 Å². The molecule has 4 heteroatoms.